The fourth-order valence-corrected chi connectivity index (χ4v) is 3.84. The Morgan fingerprint density at radius 3 is 2.21 bits per heavy atom. The number of benzene rings is 2. The Balaban J connectivity index is 2.25. The second-order valence-electron chi connectivity index (χ2n) is 7.12. The van der Waals surface area contributed by atoms with E-state index >= 15 is 0 Å². The molecule has 2 atom stereocenters. The molecule has 0 fully saturated rings. The summed E-state index contributed by atoms with van der Waals surface area (Å²) in [6.45, 7) is 0. The molecule has 3 rings (SSSR count). The maximum absolute atomic E-state index is 10.5. The van der Waals surface area contributed by atoms with Gasteiger partial charge in [-0.1, -0.05) is 12.5 Å². The molecule has 0 unspecified atom stereocenters. The second kappa shape index (κ2) is 8.71. The summed E-state index contributed by atoms with van der Waals surface area (Å²) < 4.78 is 16.8. The van der Waals surface area contributed by atoms with Gasteiger partial charge < -0.3 is 29.5 Å². The number of aliphatic hydroxyl groups excluding tert-OH is 2. The lowest BCUT2D eigenvalue weighted by Crippen LogP contribution is -2.27. The van der Waals surface area contributed by atoms with Crippen LogP contribution in [0.2, 0.25) is 0 Å². The topological polar surface area (TPSA) is 88.4 Å². The fourth-order valence-electron chi connectivity index (χ4n) is 3.84. The molecule has 28 heavy (non-hydrogen) atoms. The van der Waals surface area contributed by atoms with Gasteiger partial charge in [0.15, 0.2) is 11.5 Å². The molecule has 6 heteroatoms. The first-order valence-electron chi connectivity index (χ1n) is 9.50. The molecule has 0 radical (unpaired) electrons. The van der Waals surface area contributed by atoms with Gasteiger partial charge in [0.05, 0.1) is 33.5 Å². The highest BCUT2D eigenvalue weighted by molar-refractivity contribution is 5.81. The molecule has 3 N–H and O–H groups in total. The van der Waals surface area contributed by atoms with Crippen LogP contribution in [0.25, 0.3) is 11.1 Å². The number of rotatable bonds is 3. The first-order valence-corrected chi connectivity index (χ1v) is 9.50. The van der Waals surface area contributed by atoms with Gasteiger partial charge in [-0.15, -0.1) is 0 Å². The normalized spacial score (nSPS) is 19.8. The molecule has 1 aliphatic carbocycles. The van der Waals surface area contributed by atoms with Crippen LogP contribution in [0.3, 0.4) is 0 Å². The summed E-state index contributed by atoms with van der Waals surface area (Å²) in [6, 6.07) is 7.13. The van der Waals surface area contributed by atoms with Crippen LogP contribution >= 0.6 is 0 Å². The van der Waals surface area contributed by atoms with E-state index in [-0.39, 0.29) is 5.75 Å². The number of hydrogen-bond donors (Lipinski definition) is 3. The van der Waals surface area contributed by atoms with Crippen LogP contribution in [-0.2, 0) is 12.8 Å². The molecular formula is C22H28O6. The van der Waals surface area contributed by atoms with Crippen molar-refractivity contribution in [3.05, 3.63) is 35.4 Å². The van der Waals surface area contributed by atoms with Crippen molar-refractivity contribution in [3.63, 3.8) is 0 Å². The number of phenols is 1. The zero-order valence-electron chi connectivity index (χ0n) is 16.6. The van der Waals surface area contributed by atoms with Crippen molar-refractivity contribution in [2.75, 3.05) is 21.3 Å². The smallest absolute Gasteiger partial charge is 0.204 e. The van der Waals surface area contributed by atoms with E-state index in [9.17, 15) is 15.3 Å². The Morgan fingerprint density at radius 2 is 1.54 bits per heavy atom. The van der Waals surface area contributed by atoms with E-state index in [0.29, 0.717) is 47.6 Å². The van der Waals surface area contributed by atoms with Crippen LogP contribution in [0, 0.1) is 0 Å². The Morgan fingerprint density at radius 1 is 0.821 bits per heavy atom. The second-order valence-corrected chi connectivity index (χ2v) is 7.12. The molecule has 4 bridgehead atoms. The van der Waals surface area contributed by atoms with Gasteiger partial charge >= 0.3 is 0 Å². The first kappa shape index (κ1) is 20.3. The number of aryl methyl sites for hydroxylation is 1. The molecule has 2 aromatic rings. The Hall–Kier alpha value is -2.44. The summed E-state index contributed by atoms with van der Waals surface area (Å²) in [4.78, 5) is 0. The van der Waals surface area contributed by atoms with Crippen molar-refractivity contribution in [2.24, 2.45) is 0 Å². The minimum absolute atomic E-state index is 0.102. The summed E-state index contributed by atoms with van der Waals surface area (Å²) in [5, 5.41) is 31.2. The van der Waals surface area contributed by atoms with Crippen molar-refractivity contribution in [1.82, 2.24) is 0 Å². The number of fused-ring (bicyclic) bond motifs is 5. The van der Waals surface area contributed by atoms with Crippen molar-refractivity contribution in [2.45, 2.75) is 44.3 Å². The summed E-state index contributed by atoms with van der Waals surface area (Å²) >= 11 is 0. The monoisotopic (exact) mass is 388 g/mol. The first-order chi connectivity index (χ1) is 13.5. The van der Waals surface area contributed by atoms with Crippen molar-refractivity contribution in [1.29, 1.82) is 0 Å². The fraction of sp³-hybridized carbons (Fsp3) is 0.455. The molecule has 0 heterocycles. The van der Waals surface area contributed by atoms with Gasteiger partial charge in [-0.25, -0.2) is 0 Å². The molecule has 0 saturated carbocycles. The summed E-state index contributed by atoms with van der Waals surface area (Å²) in [6.07, 6.45) is 1.48. The number of aromatic hydroxyl groups is 1. The Bertz CT molecular complexity index is 832. The quantitative estimate of drug-likeness (QED) is 0.749. The van der Waals surface area contributed by atoms with Crippen LogP contribution < -0.4 is 14.2 Å². The van der Waals surface area contributed by atoms with E-state index in [4.69, 9.17) is 14.2 Å². The van der Waals surface area contributed by atoms with Gasteiger partial charge in [-0.3, -0.25) is 0 Å². The molecule has 152 valence electrons. The van der Waals surface area contributed by atoms with E-state index in [1.807, 2.05) is 12.1 Å². The maximum Gasteiger partial charge on any atom is 0.204 e. The van der Waals surface area contributed by atoms with Crippen LogP contribution in [0.4, 0.5) is 0 Å². The third kappa shape index (κ3) is 3.88. The molecule has 0 aromatic heterocycles. The largest absolute Gasteiger partial charge is 0.507 e. The molecule has 0 aliphatic heterocycles. The van der Waals surface area contributed by atoms with Gasteiger partial charge in [-0.05, 0) is 48.6 Å². The lowest BCUT2D eigenvalue weighted by atomic mass is 9.95. The average molecular weight is 388 g/mol. The number of phenolic OH excluding ortho intramolecular Hbond substituents is 1. The van der Waals surface area contributed by atoms with E-state index in [0.717, 1.165) is 24.0 Å². The zero-order valence-corrected chi connectivity index (χ0v) is 16.6. The highest BCUT2D eigenvalue weighted by Crippen LogP contribution is 2.49. The molecular weight excluding hydrogens is 360 g/mol. The van der Waals surface area contributed by atoms with Crippen LogP contribution in [0.15, 0.2) is 24.3 Å². The van der Waals surface area contributed by atoms with Crippen LogP contribution in [0.5, 0.6) is 23.0 Å². The zero-order chi connectivity index (χ0) is 20.3. The summed E-state index contributed by atoms with van der Waals surface area (Å²) in [5.41, 5.74) is 3.03. The number of methoxy groups -OCH3 is 3. The average Bonchev–Trinajstić information content (AvgIpc) is 2.70. The lowest BCUT2D eigenvalue weighted by Gasteiger charge is -2.20. The highest BCUT2D eigenvalue weighted by Gasteiger charge is 2.24. The molecule has 0 amide bonds. The van der Waals surface area contributed by atoms with Crippen molar-refractivity contribution < 1.29 is 29.5 Å². The van der Waals surface area contributed by atoms with Gasteiger partial charge in [0.25, 0.3) is 0 Å². The van der Waals surface area contributed by atoms with Crippen LogP contribution in [-0.4, -0.2) is 48.9 Å². The van der Waals surface area contributed by atoms with Crippen molar-refractivity contribution >= 4 is 0 Å². The summed E-state index contributed by atoms with van der Waals surface area (Å²) in [5.74, 6) is 1.67. The Labute approximate surface area is 165 Å². The minimum atomic E-state index is -0.854. The molecule has 0 saturated heterocycles. The molecule has 2 aromatic carbocycles. The number of hydrogen-bond acceptors (Lipinski definition) is 6. The molecule has 0 spiro atoms. The van der Waals surface area contributed by atoms with Gasteiger partial charge in [0.1, 0.15) is 5.75 Å². The predicted octanol–water partition coefficient (Wildman–Crippen LogP) is 3.08. The van der Waals surface area contributed by atoms with E-state index in [1.54, 1.807) is 33.5 Å². The third-order valence-corrected chi connectivity index (χ3v) is 5.32. The highest BCUT2D eigenvalue weighted by atomic mass is 16.5. The van der Waals surface area contributed by atoms with E-state index in [2.05, 4.69) is 0 Å². The minimum Gasteiger partial charge on any atom is -0.507 e. The van der Waals surface area contributed by atoms with E-state index < -0.39 is 12.2 Å². The van der Waals surface area contributed by atoms with Gasteiger partial charge in [0.2, 0.25) is 5.75 Å². The third-order valence-electron chi connectivity index (χ3n) is 5.32. The summed E-state index contributed by atoms with van der Waals surface area (Å²) in [7, 11) is 4.70. The standard InChI is InChI=1S/C22H28O6/c1-26-20-14-6-4-5-7-18(24)19(25)11-13-8-9-17(23)15(10-13)16(12-14)21(27-2)22(20)28-3/h8-10,12,18-19,23-25H,4-7,11H2,1-3H3/t18-,19+/m0/s1. The molecule has 6 nitrogen and oxygen atoms in total. The lowest BCUT2D eigenvalue weighted by molar-refractivity contribution is 0.0138. The number of aliphatic hydroxyl groups is 2. The SMILES string of the molecule is COc1c2cc(c(OC)c1OC)-c1cc(ccc1O)C[C@@H](O)[C@@H](O)CCCC2. The molecule has 1 aliphatic rings. The van der Waals surface area contributed by atoms with Crippen LogP contribution in [0.1, 0.15) is 30.4 Å². The van der Waals surface area contributed by atoms with E-state index in [1.165, 1.54) is 0 Å². The van der Waals surface area contributed by atoms with Gasteiger partial charge in [0, 0.05) is 17.5 Å². The number of ether oxygens (including phenoxy) is 3. The predicted molar refractivity (Wildman–Crippen MR) is 106 cm³/mol. The van der Waals surface area contributed by atoms with Crippen molar-refractivity contribution in [3.8, 4) is 34.1 Å². The Kier molecular flexibility index (Phi) is 6.31. The maximum atomic E-state index is 10.5. The van der Waals surface area contributed by atoms with Gasteiger partial charge in [-0.2, -0.15) is 0 Å².